The summed E-state index contributed by atoms with van der Waals surface area (Å²) in [5.41, 5.74) is 0. The quantitative estimate of drug-likeness (QED) is 0.786. The normalized spacial score (nSPS) is 42.7. The van der Waals surface area contributed by atoms with E-state index in [1.165, 1.54) is 32.1 Å². The lowest BCUT2D eigenvalue weighted by atomic mass is 9.52. The Kier molecular flexibility index (Phi) is 3.24. The largest absolute Gasteiger partial charge is 0.229 e. The lowest BCUT2D eigenvalue weighted by Crippen LogP contribution is -2.47. The zero-order valence-corrected chi connectivity index (χ0v) is 12.5. The van der Waals surface area contributed by atoms with E-state index < -0.39 is 9.84 Å². The molecule has 0 aromatic heterocycles. The number of hydrogen-bond donors (Lipinski definition) is 0. The van der Waals surface area contributed by atoms with E-state index in [0.717, 1.165) is 23.7 Å². The van der Waals surface area contributed by atoms with Gasteiger partial charge in [0, 0.05) is 0 Å². The summed E-state index contributed by atoms with van der Waals surface area (Å²) in [5, 5.41) is 0. The molecule has 0 saturated heterocycles. The van der Waals surface area contributed by atoms with E-state index in [2.05, 4.69) is 0 Å². The zero-order valence-electron chi connectivity index (χ0n) is 11.6. The fourth-order valence-electron chi connectivity index (χ4n) is 5.18. The highest BCUT2D eigenvalue weighted by atomic mass is 32.2. The first kappa shape index (κ1) is 13.0. The third-order valence-electron chi connectivity index (χ3n) is 5.46. The van der Waals surface area contributed by atoms with Crippen LogP contribution >= 0.6 is 0 Å². The highest BCUT2D eigenvalue weighted by Gasteiger charge is 2.49. The van der Waals surface area contributed by atoms with Crippen molar-refractivity contribution in [2.45, 2.75) is 46.0 Å². The molecule has 4 saturated carbocycles. The van der Waals surface area contributed by atoms with Gasteiger partial charge in [-0.3, -0.25) is 0 Å². The maximum Gasteiger partial charge on any atom is 0.150 e. The average Bonchev–Trinajstić information content (AvgIpc) is 2.20. The second-order valence-electron chi connectivity index (χ2n) is 7.57. The molecule has 4 aliphatic rings. The Hall–Kier alpha value is -0.0500. The van der Waals surface area contributed by atoms with Gasteiger partial charge in [-0.1, -0.05) is 13.8 Å². The molecule has 104 valence electrons. The van der Waals surface area contributed by atoms with E-state index in [1.54, 1.807) is 0 Å². The summed E-state index contributed by atoms with van der Waals surface area (Å²) in [5.74, 6) is 5.00. The van der Waals surface area contributed by atoms with Gasteiger partial charge in [-0.25, -0.2) is 8.42 Å². The first-order valence-electron chi connectivity index (χ1n) is 7.63. The van der Waals surface area contributed by atoms with Gasteiger partial charge in [-0.15, -0.1) is 0 Å². The molecule has 0 amide bonds. The van der Waals surface area contributed by atoms with Crippen LogP contribution in [0.4, 0.5) is 0 Å². The third-order valence-corrected chi connectivity index (χ3v) is 7.52. The monoisotopic (exact) mass is 270 g/mol. The fraction of sp³-hybridized carbons (Fsp3) is 1.00. The topological polar surface area (TPSA) is 34.1 Å². The second kappa shape index (κ2) is 4.50. The molecular formula is C15H26O2S. The lowest BCUT2D eigenvalue weighted by Gasteiger charge is -2.54. The Labute approximate surface area is 111 Å². The van der Waals surface area contributed by atoms with Crippen LogP contribution in [0.1, 0.15) is 46.0 Å². The Balaban J connectivity index is 1.70. The van der Waals surface area contributed by atoms with Gasteiger partial charge in [0.1, 0.15) is 0 Å². The Morgan fingerprint density at radius 1 is 0.944 bits per heavy atom. The van der Waals surface area contributed by atoms with E-state index in [4.69, 9.17) is 0 Å². The van der Waals surface area contributed by atoms with Crippen molar-refractivity contribution in [2.24, 2.45) is 35.5 Å². The van der Waals surface area contributed by atoms with Crippen LogP contribution in [-0.4, -0.2) is 19.9 Å². The maximum atomic E-state index is 12.2. The van der Waals surface area contributed by atoms with Crippen LogP contribution < -0.4 is 0 Å². The van der Waals surface area contributed by atoms with Gasteiger partial charge in [-0.05, 0) is 67.6 Å². The van der Waals surface area contributed by atoms with Gasteiger partial charge in [0.2, 0.25) is 0 Å². The van der Waals surface area contributed by atoms with Crippen molar-refractivity contribution in [2.75, 3.05) is 11.5 Å². The minimum Gasteiger partial charge on any atom is -0.229 e. The molecule has 4 aliphatic carbocycles. The summed E-state index contributed by atoms with van der Waals surface area (Å²) in [6.07, 6.45) is 6.76. The van der Waals surface area contributed by atoms with Crippen LogP contribution in [0.2, 0.25) is 0 Å². The summed E-state index contributed by atoms with van der Waals surface area (Å²) >= 11 is 0. The Morgan fingerprint density at radius 2 is 1.44 bits per heavy atom. The van der Waals surface area contributed by atoms with Crippen molar-refractivity contribution in [1.82, 2.24) is 0 Å². The number of rotatable bonds is 4. The summed E-state index contributed by atoms with van der Waals surface area (Å²) in [6, 6.07) is 0. The molecule has 4 bridgehead atoms. The molecule has 0 aliphatic heterocycles. The minimum atomic E-state index is -2.83. The van der Waals surface area contributed by atoms with Crippen molar-refractivity contribution >= 4 is 9.84 Å². The second-order valence-corrected chi connectivity index (χ2v) is 9.72. The van der Waals surface area contributed by atoms with Gasteiger partial charge in [0.05, 0.1) is 11.5 Å². The first-order chi connectivity index (χ1) is 8.43. The van der Waals surface area contributed by atoms with Gasteiger partial charge >= 0.3 is 0 Å². The van der Waals surface area contributed by atoms with Crippen molar-refractivity contribution in [1.29, 1.82) is 0 Å². The molecule has 4 rings (SSSR count). The van der Waals surface area contributed by atoms with E-state index in [1.807, 2.05) is 13.8 Å². The summed E-state index contributed by atoms with van der Waals surface area (Å²) in [6.45, 7) is 4.02. The molecule has 3 heteroatoms. The molecule has 0 aromatic carbocycles. The number of hydrogen-bond acceptors (Lipinski definition) is 2. The van der Waals surface area contributed by atoms with E-state index in [9.17, 15) is 8.42 Å². The molecule has 0 spiro atoms. The molecule has 0 N–H and O–H groups in total. The van der Waals surface area contributed by atoms with Crippen molar-refractivity contribution in [3.8, 4) is 0 Å². The SMILES string of the molecule is CC(C)CS(=O)(=O)CC1C2CC3CC(C2)CC1C3. The summed E-state index contributed by atoms with van der Waals surface area (Å²) < 4.78 is 24.5. The molecule has 0 atom stereocenters. The molecule has 4 fully saturated rings. The molecule has 18 heavy (non-hydrogen) atoms. The summed E-state index contributed by atoms with van der Waals surface area (Å²) in [7, 11) is -2.83. The van der Waals surface area contributed by atoms with Crippen LogP contribution in [0.25, 0.3) is 0 Å². The van der Waals surface area contributed by atoms with Gasteiger partial charge in [-0.2, -0.15) is 0 Å². The van der Waals surface area contributed by atoms with E-state index in [-0.39, 0.29) is 5.92 Å². The Bertz CT molecular complexity index is 382. The standard InChI is InChI=1S/C15H26O2S/c1-10(2)8-18(16,17)9-15-13-4-11-3-12(6-13)7-14(15)5-11/h10-15H,3-9H2,1-2H3. The zero-order chi connectivity index (χ0) is 12.9. The van der Waals surface area contributed by atoms with Crippen molar-refractivity contribution in [3.05, 3.63) is 0 Å². The fourth-order valence-corrected chi connectivity index (χ4v) is 7.46. The minimum absolute atomic E-state index is 0.270. The van der Waals surface area contributed by atoms with Crippen LogP contribution in [0, 0.1) is 35.5 Å². The molecule has 0 radical (unpaired) electrons. The highest BCUT2D eigenvalue weighted by molar-refractivity contribution is 7.91. The van der Waals surface area contributed by atoms with E-state index >= 15 is 0 Å². The third kappa shape index (κ3) is 2.48. The molecule has 2 nitrogen and oxygen atoms in total. The lowest BCUT2D eigenvalue weighted by molar-refractivity contribution is -0.0268. The van der Waals surface area contributed by atoms with E-state index in [0.29, 0.717) is 17.4 Å². The van der Waals surface area contributed by atoms with Gasteiger partial charge in [0.15, 0.2) is 9.84 Å². The van der Waals surface area contributed by atoms with Crippen LogP contribution in [0.15, 0.2) is 0 Å². The van der Waals surface area contributed by atoms with Crippen LogP contribution in [-0.2, 0) is 9.84 Å². The first-order valence-corrected chi connectivity index (χ1v) is 9.45. The number of sulfone groups is 1. The molecule has 0 unspecified atom stereocenters. The van der Waals surface area contributed by atoms with Crippen molar-refractivity contribution in [3.63, 3.8) is 0 Å². The van der Waals surface area contributed by atoms with Crippen LogP contribution in [0.3, 0.4) is 0 Å². The maximum absolute atomic E-state index is 12.2. The highest BCUT2D eigenvalue weighted by Crippen LogP contribution is 2.56. The molecule has 0 heterocycles. The smallest absolute Gasteiger partial charge is 0.150 e. The molecular weight excluding hydrogens is 244 g/mol. The van der Waals surface area contributed by atoms with Gasteiger partial charge in [0.25, 0.3) is 0 Å². The predicted octanol–water partition coefficient (Wildman–Crippen LogP) is 3.13. The predicted molar refractivity (Wildman–Crippen MR) is 74.0 cm³/mol. The van der Waals surface area contributed by atoms with Crippen LogP contribution in [0.5, 0.6) is 0 Å². The molecule has 0 aromatic rings. The summed E-state index contributed by atoms with van der Waals surface area (Å²) in [4.78, 5) is 0. The average molecular weight is 270 g/mol. The Morgan fingerprint density at radius 3 is 1.89 bits per heavy atom. The van der Waals surface area contributed by atoms with Gasteiger partial charge < -0.3 is 0 Å². The van der Waals surface area contributed by atoms with Crippen molar-refractivity contribution < 1.29 is 8.42 Å².